The van der Waals surface area contributed by atoms with Gasteiger partial charge in [0, 0.05) is 44.5 Å². The highest BCUT2D eigenvalue weighted by molar-refractivity contribution is 7.90. The summed E-state index contributed by atoms with van der Waals surface area (Å²) in [6.45, 7) is 3.52. The van der Waals surface area contributed by atoms with Gasteiger partial charge in [-0.25, -0.2) is 12.8 Å². The van der Waals surface area contributed by atoms with Gasteiger partial charge in [-0.1, -0.05) is 48.0 Å². The van der Waals surface area contributed by atoms with Crippen molar-refractivity contribution in [2.24, 2.45) is 11.8 Å². The first-order valence-electron chi connectivity index (χ1n) is 13.2. The quantitative estimate of drug-likeness (QED) is 0.423. The van der Waals surface area contributed by atoms with Crippen molar-refractivity contribution in [1.82, 2.24) is 15.1 Å². The first kappa shape index (κ1) is 28.3. The van der Waals surface area contributed by atoms with Crippen LogP contribution in [-0.2, 0) is 9.84 Å². The molecule has 3 aromatic carbocycles. The number of carbonyl (C=O) groups excluding carboxylic acids is 2. The van der Waals surface area contributed by atoms with Gasteiger partial charge in [0.2, 0.25) is 0 Å². The second kappa shape index (κ2) is 11.7. The van der Waals surface area contributed by atoms with Gasteiger partial charge in [0.15, 0.2) is 9.84 Å². The fraction of sp³-hybridized carbons (Fsp3) is 0.333. The Morgan fingerprint density at radius 2 is 1.60 bits per heavy atom. The SMILES string of the molecule is CS(=O)(=O)c1ccc(C(=O)N[C@@H](CCN2CC3CN(C(=O)c4c(F)cccc4Cl)CC3C2)c2ccccc2)cc1. The van der Waals surface area contributed by atoms with E-state index in [1.54, 1.807) is 4.90 Å². The van der Waals surface area contributed by atoms with Gasteiger partial charge in [0.1, 0.15) is 5.82 Å². The summed E-state index contributed by atoms with van der Waals surface area (Å²) in [5.74, 6) is -0.634. The number of halogens is 2. The fourth-order valence-corrected chi connectivity index (χ4v) is 6.59. The second-order valence-corrected chi connectivity index (χ2v) is 13.0. The van der Waals surface area contributed by atoms with Crippen molar-refractivity contribution in [3.05, 3.63) is 100 Å². The summed E-state index contributed by atoms with van der Waals surface area (Å²) < 4.78 is 37.8. The molecule has 2 unspecified atom stereocenters. The maximum atomic E-state index is 14.3. The molecule has 0 saturated carbocycles. The molecule has 2 fully saturated rings. The van der Waals surface area contributed by atoms with Crippen molar-refractivity contribution in [3.8, 4) is 0 Å². The number of hydrogen-bond acceptors (Lipinski definition) is 5. The van der Waals surface area contributed by atoms with E-state index in [-0.39, 0.29) is 33.3 Å². The minimum absolute atomic E-state index is 0.0617. The lowest BCUT2D eigenvalue weighted by Gasteiger charge is -2.25. The minimum Gasteiger partial charge on any atom is -0.345 e. The van der Waals surface area contributed by atoms with E-state index in [1.807, 2.05) is 30.3 Å². The molecule has 2 amide bonds. The van der Waals surface area contributed by atoms with Crippen LogP contribution < -0.4 is 5.32 Å². The standard InChI is InChI=1S/C30H31ClFN3O4S/c1-40(38,39)24-12-10-21(11-13-24)29(36)33-27(20-6-3-2-4-7-20)14-15-34-16-22-18-35(19-23(22)17-34)30(37)28-25(31)8-5-9-26(28)32/h2-13,22-23,27H,14-19H2,1H3,(H,33,36)/t22?,23?,27-/m0/s1. The topological polar surface area (TPSA) is 86.8 Å². The van der Waals surface area contributed by atoms with Crippen molar-refractivity contribution >= 4 is 33.3 Å². The lowest BCUT2D eigenvalue weighted by Crippen LogP contribution is -2.35. The molecule has 40 heavy (non-hydrogen) atoms. The highest BCUT2D eigenvalue weighted by Gasteiger charge is 2.42. The van der Waals surface area contributed by atoms with E-state index in [1.165, 1.54) is 42.5 Å². The van der Waals surface area contributed by atoms with Crippen molar-refractivity contribution in [2.45, 2.75) is 17.4 Å². The van der Waals surface area contributed by atoms with Crippen LogP contribution in [0.25, 0.3) is 0 Å². The summed E-state index contributed by atoms with van der Waals surface area (Å²) in [7, 11) is -3.34. The van der Waals surface area contributed by atoms with E-state index in [2.05, 4.69) is 10.2 Å². The summed E-state index contributed by atoms with van der Waals surface area (Å²) in [5.41, 5.74) is 1.32. The number of benzene rings is 3. The van der Waals surface area contributed by atoms with E-state index >= 15 is 0 Å². The molecule has 0 spiro atoms. The van der Waals surface area contributed by atoms with E-state index in [9.17, 15) is 22.4 Å². The van der Waals surface area contributed by atoms with Gasteiger partial charge < -0.3 is 15.1 Å². The highest BCUT2D eigenvalue weighted by Crippen LogP contribution is 2.34. The summed E-state index contributed by atoms with van der Waals surface area (Å²) in [6.07, 6.45) is 1.82. The summed E-state index contributed by atoms with van der Waals surface area (Å²) in [6, 6.07) is 19.7. The molecule has 5 rings (SSSR count). The summed E-state index contributed by atoms with van der Waals surface area (Å²) in [4.78, 5) is 30.3. The van der Waals surface area contributed by atoms with Crippen LogP contribution in [0.5, 0.6) is 0 Å². The van der Waals surface area contributed by atoms with E-state index < -0.39 is 15.7 Å². The van der Waals surface area contributed by atoms with Gasteiger partial charge in [-0.15, -0.1) is 0 Å². The first-order chi connectivity index (χ1) is 19.1. The third-order valence-electron chi connectivity index (χ3n) is 7.81. The molecule has 3 aromatic rings. The average molecular weight is 584 g/mol. The van der Waals surface area contributed by atoms with Gasteiger partial charge in [-0.05, 0) is 60.2 Å². The number of amides is 2. The Labute approximate surface area is 238 Å². The maximum absolute atomic E-state index is 14.3. The largest absolute Gasteiger partial charge is 0.345 e. The average Bonchev–Trinajstić information content (AvgIpc) is 3.50. The highest BCUT2D eigenvalue weighted by atomic mass is 35.5. The van der Waals surface area contributed by atoms with Crippen LogP contribution in [0, 0.1) is 17.7 Å². The van der Waals surface area contributed by atoms with Gasteiger partial charge in [-0.2, -0.15) is 0 Å². The van der Waals surface area contributed by atoms with Gasteiger partial charge in [0.05, 0.1) is 21.5 Å². The normalized spacial score (nSPS) is 19.8. The van der Waals surface area contributed by atoms with Crippen LogP contribution in [0.4, 0.5) is 4.39 Å². The number of sulfone groups is 1. The van der Waals surface area contributed by atoms with Crippen LogP contribution in [0.15, 0.2) is 77.7 Å². The molecule has 3 atom stereocenters. The number of fused-ring (bicyclic) bond motifs is 1. The van der Waals surface area contributed by atoms with Crippen molar-refractivity contribution in [3.63, 3.8) is 0 Å². The Balaban J connectivity index is 1.20. The van der Waals surface area contributed by atoms with Crippen LogP contribution in [-0.4, -0.2) is 69.0 Å². The van der Waals surface area contributed by atoms with Crippen molar-refractivity contribution in [1.29, 1.82) is 0 Å². The molecule has 10 heteroatoms. The first-order valence-corrected chi connectivity index (χ1v) is 15.5. The zero-order valence-electron chi connectivity index (χ0n) is 22.1. The van der Waals surface area contributed by atoms with Crippen molar-refractivity contribution < 1.29 is 22.4 Å². The third kappa shape index (κ3) is 6.22. The zero-order valence-corrected chi connectivity index (χ0v) is 23.7. The lowest BCUT2D eigenvalue weighted by molar-refractivity contribution is 0.0769. The van der Waals surface area contributed by atoms with Crippen LogP contribution in [0.2, 0.25) is 5.02 Å². The molecule has 0 bridgehead atoms. The molecule has 1 N–H and O–H groups in total. The smallest absolute Gasteiger partial charge is 0.258 e. The third-order valence-corrected chi connectivity index (χ3v) is 9.26. The Morgan fingerprint density at radius 3 is 2.20 bits per heavy atom. The number of carbonyl (C=O) groups is 2. The Morgan fingerprint density at radius 1 is 0.950 bits per heavy atom. The zero-order chi connectivity index (χ0) is 28.4. The molecule has 7 nitrogen and oxygen atoms in total. The van der Waals surface area contributed by atoms with Crippen LogP contribution in [0.1, 0.15) is 38.7 Å². The monoisotopic (exact) mass is 583 g/mol. The number of rotatable bonds is 8. The predicted molar refractivity (Wildman–Crippen MR) is 152 cm³/mol. The molecule has 210 valence electrons. The van der Waals surface area contributed by atoms with Crippen molar-refractivity contribution in [2.75, 3.05) is 39.0 Å². The van der Waals surface area contributed by atoms with Gasteiger partial charge in [0.25, 0.3) is 11.8 Å². The molecule has 2 saturated heterocycles. The van der Waals surface area contributed by atoms with E-state index in [4.69, 9.17) is 11.6 Å². The van der Waals surface area contributed by atoms with E-state index in [0.29, 0.717) is 36.9 Å². The van der Waals surface area contributed by atoms with Crippen LogP contribution in [0.3, 0.4) is 0 Å². The molecular formula is C30H31ClFN3O4S. The molecular weight excluding hydrogens is 553 g/mol. The molecule has 2 aliphatic heterocycles. The minimum atomic E-state index is -3.34. The lowest BCUT2D eigenvalue weighted by atomic mass is 10.0. The van der Waals surface area contributed by atoms with E-state index in [0.717, 1.165) is 31.5 Å². The second-order valence-electron chi connectivity index (χ2n) is 10.6. The number of nitrogens with one attached hydrogen (secondary N) is 1. The molecule has 2 heterocycles. The molecule has 2 aliphatic rings. The maximum Gasteiger partial charge on any atom is 0.258 e. The molecule has 0 radical (unpaired) electrons. The summed E-state index contributed by atoms with van der Waals surface area (Å²) >= 11 is 6.12. The fourth-order valence-electron chi connectivity index (χ4n) is 5.71. The number of likely N-dealkylation sites (tertiary alicyclic amines) is 2. The predicted octanol–water partition coefficient (Wildman–Crippen LogP) is 4.45. The van der Waals surface area contributed by atoms with Gasteiger partial charge in [-0.3, -0.25) is 9.59 Å². The Kier molecular flexibility index (Phi) is 8.26. The Bertz CT molecular complexity index is 1470. The van der Waals surface area contributed by atoms with Gasteiger partial charge >= 0.3 is 0 Å². The van der Waals surface area contributed by atoms with Crippen LogP contribution >= 0.6 is 11.6 Å². The number of nitrogens with zero attached hydrogens (tertiary/aromatic N) is 2. The number of hydrogen-bond donors (Lipinski definition) is 1. The Hall–Kier alpha value is -3.27. The summed E-state index contributed by atoms with van der Waals surface area (Å²) in [5, 5.41) is 3.25. The molecule has 0 aliphatic carbocycles. The molecule has 0 aromatic heterocycles.